The van der Waals surface area contributed by atoms with Crippen LogP contribution < -0.4 is 5.32 Å². The van der Waals surface area contributed by atoms with Gasteiger partial charge < -0.3 is 15.0 Å². The zero-order valence-corrected chi connectivity index (χ0v) is 11.7. The van der Waals surface area contributed by atoms with Gasteiger partial charge in [-0.05, 0) is 25.7 Å². The molecule has 0 aromatic rings. The van der Waals surface area contributed by atoms with Crippen LogP contribution in [0.15, 0.2) is 0 Å². The van der Waals surface area contributed by atoms with Crippen LogP contribution in [0.25, 0.3) is 0 Å². The van der Waals surface area contributed by atoms with Gasteiger partial charge in [0.05, 0.1) is 6.10 Å². The maximum atomic E-state index is 12.1. The number of piperazine rings is 1. The lowest BCUT2D eigenvalue weighted by Gasteiger charge is -2.33. The van der Waals surface area contributed by atoms with E-state index in [0.29, 0.717) is 18.1 Å². The lowest BCUT2D eigenvalue weighted by Crippen LogP contribution is -2.52. The number of amides is 1. The third-order valence-corrected chi connectivity index (χ3v) is 4.18. The Labute approximate surface area is 110 Å². The van der Waals surface area contributed by atoms with Crippen molar-refractivity contribution in [2.45, 2.75) is 51.7 Å². The van der Waals surface area contributed by atoms with Gasteiger partial charge in [-0.3, -0.25) is 4.79 Å². The zero-order valence-electron chi connectivity index (χ0n) is 11.7. The molecule has 2 rings (SSSR count). The van der Waals surface area contributed by atoms with E-state index < -0.39 is 0 Å². The molecule has 0 spiro atoms. The lowest BCUT2D eigenvalue weighted by molar-refractivity contribution is -0.141. The van der Waals surface area contributed by atoms with Gasteiger partial charge in [-0.2, -0.15) is 0 Å². The van der Waals surface area contributed by atoms with Gasteiger partial charge in [-0.1, -0.05) is 19.8 Å². The Morgan fingerprint density at radius 2 is 2.11 bits per heavy atom. The molecule has 1 saturated heterocycles. The molecule has 2 aliphatic rings. The maximum absolute atomic E-state index is 12.1. The first-order chi connectivity index (χ1) is 8.66. The second kappa shape index (κ2) is 6.53. The number of hydrogen-bond donors (Lipinski definition) is 1. The predicted octanol–water partition coefficient (Wildman–Crippen LogP) is 1.40. The smallest absolute Gasteiger partial charge is 0.248 e. The second-order valence-electron chi connectivity index (χ2n) is 5.81. The standard InChI is InChI=1S/C14H26N2O2/c1-11-5-3-4-6-13(11)18-10-14(17)16-8-7-15-12(2)9-16/h11-13,15H,3-10H2,1-2H3/t11-,12+,13-/m0/s1. The fraction of sp³-hybridized carbons (Fsp3) is 0.929. The molecule has 1 saturated carbocycles. The van der Waals surface area contributed by atoms with Crippen molar-refractivity contribution in [1.82, 2.24) is 10.2 Å². The molecule has 18 heavy (non-hydrogen) atoms. The van der Waals surface area contributed by atoms with Gasteiger partial charge in [0.15, 0.2) is 0 Å². The minimum Gasteiger partial charge on any atom is -0.368 e. The molecule has 4 heteroatoms. The first-order valence-corrected chi connectivity index (χ1v) is 7.29. The molecule has 1 aliphatic carbocycles. The van der Waals surface area contributed by atoms with E-state index in [1.165, 1.54) is 19.3 Å². The fourth-order valence-corrected chi connectivity index (χ4v) is 2.96. The van der Waals surface area contributed by atoms with Crippen LogP contribution in [0.2, 0.25) is 0 Å². The van der Waals surface area contributed by atoms with E-state index in [1.807, 2.05) is 4.90 Å². The van der Waals surface area contributed by atoms with Crippen molar-refractivity contribution >= 4 is 5.91 Å². The summed E-state index contributed by atoms with van der Waals surface area (Å²) in [5.41, 5.74) is 0. The van der Waals surface area contributed by atoms with Gasteiger partial charge in [-0.25, -0.2) is 0 Å². The topological polar surface area (TPSA) is 41.6 Å². The molecule has 3 atom stereocenters. The van der Waals surface area contributed by atoms with E-state index in [1.54, 1.807) is 0 Å². The summed E-state index contributed by atoms with van der Waals surface area (Å²) in [6.07, 6.45) is 5.21. The van der Waals surface area contributed by atoms with E-state index in [9.17, 15) is 4.79 Å². The molecule has 0 aromatic carbocycles. The minimum absolute atomic E-state index is 0.154. The molecule has 0 radical (unpaired) electrons. The zero-order chi connectivity index (χ0) is 13.0. The molecule has 1 N–H and O–H groups in total. The Morgan fingerprint density at radius 3 is 2.83 bits per heavy atom. The van der Waals surface area contributed by atoms with Gasteiger partial charge in [0.2, 0.25) is 5.91 Å². The summed E-state index contributed by atoms with van der Waals surface area (Å²) < 4.78 is 5.83. The van der Waals surface area contributed by atoms with Crippen LogP contribution in [-0.4, -0.2) is 49.2 Å². The highest BCUT2D eigenvalue weighted by atomic mass is 16.5. The van der Waals surface area contributed by atoms with E-state index in [4.69, 9.17) is 4.74 Å². The number of hydrogen-bond acceptors (Lipinski definition) is 3. The van der Waals surface area contributed by atoms with Gasteiger partial charge in [0.1, 0.15) is 6.61 Å². The number of rotatable bonds is 3. The molecular formula is C14H26N2O2. The van der Waals surface area contributed by atoms with Crippen molar-refractivity contribution in [3.63, 3.8) is 0 Å². The van der Waals surface area contributed by atoms with Crippen molar-refractivity contribution < 1.29 is 9.53 Å². The van der Waals surface area contributed by atoms with Crippen LogP contribution in [0, 0.1) is 5.92 Å². The van der Waals surface area contributed by atoms with Crippen molar-refractivity contribution in [3.05, 3.63) is 0 Å². The van der Waals surface area contributed by atoms with Crippen molar-refractivity contribution in [1.29, 1.82) is 0 Å². The van der Waals surface area contributed by atoms with Gasteiger partial charge in [-0.15, -0.1) is 0 Å². The Kier molecular flexibility index (Phi) is 5.01. The highest BCUT2D eigenvalue weighted by Crippen LogP contribution is 2.26. The van der Waals surface area contributed by atoms with E-state index in [2.05, 4.69) is 19.2 Å². The van der Waals surface area contributed by atoms with E-state index >= 15 is 0 Å². The number of nitrogens with zero attached hydrogens (tertiary/aromatic N) is 1. The van der Waals surface area contributed by atoms with E-state index in [0.717, 1.165) is 26.1 Å². The summed E-state index contributed by atoms with van der Waals surface area (Å²) in [5.74, 6) is 0.759. The molecule has 104 valence electrons. The van der Waals surface area contributed by atoms with Gasteiger partial charge >= 0.3 is 0 Å². The Hall–Kier alpha value is -0.610. The van der Waals surface area contributed by atoms with Crippen LogP contribution >= 0.6 is 0 Å². The lowest BCUT2D eigenvalue weighted by atomic mass is 9.88. The summed E-state index contributed by atoms with van der Waals surface area (Å²) in [6, 6.07) is 0.399. The molecule has 0 bridgehead atoms. The fourth-order valence-electron chi connectivity index (χ4n) is 2.96. The van der Waals surface area contributed by atoms with Crippen LogP contribution in [-0.2, 0) is 9.53 Å². The summed E-state index contributed by atoms with van der Waals surface area (Å²) in [5, 5.41) is 3.34. The monoisotopic (exact) mass is 254 g/mol. The van der Waals surface area contributed by atoms with Gasteiger partial charge in [0.25, 0.3) is 0 Å². The molecule has 1 aliphatic heterocycles. The molecule has 1 amide bonds. The third-order valence-electron chi connectivity index (χ3n) is 4.18. The van der Waals surface area contributed by atoms with Crippen LogP contribution in [0.4, 0.5) is 0 Å². The molecule has 1 heterocycles. The first-order valence-electron chi connectivity index (χ1n) is 7.29. The highest BCUT2D eigenvalue weighted by Gasteiger charge is 2.25. The number of carbonyl (C=O) groups is 1. The number of carbonyl (C=O) groups excluding carboxylic acids is 1. The third kappa shape index (κ3) is 3.69. The van der Waals surface area contributed by atoms with Crippen molar-refractivity contribution in [2.75, 3.05) is 26.2 Å². The molecule has 0 aromatic heterocycles. The largest absolute Gasteiger partial charge is 0.368 e. The van der Waals surface area contributed by atoms with E-state index in [-0.39, 0.29) is 12.5 Å². The van der Waals surface area contributed by atoms with Crippen molar-refractivity contribution in [2.24, 2.45) is 5.92 Å². The molecular weight excluding hydrogens is 228 g/mol. The maximum Gasteiger partial charge on any atom is 0.248 e. The second-order valence-corrected chi connectivity index (χ2v) is 5.81. The predicted molar refractivity (Wildman–Crippen MR) is 71.4 cm³/mol. The normalized spacial score (nSPS) is 33.4. The Bertz CT molecular complexity index is 283. The minimum atomic E-state index is 0.154. The first kappa shape index (κ1) is 13.8. The van der Waals surface area contributed by atoms with Crippen LogP contribution in [0.1, 0.15) is 39.5 Å². The van der Waals surface area contributed by atoms with Gasteiger partial charge in [0, 0.05) is 25.7 Å². The Morgan fingerprint density at radius 1 is 1.33 bits per heavy atom. The molecule has 0 unspecified atom stereocenters. The van der Waals surface area contributed by atoms with Crippen LogP contribution in [0.3, 0.4) is 0 Å². The Balaban J connectivity index is 1.73. The number of nitrogens with one attached hydrogen (secondary N) is 1. The number of ether oxygens (including phenoxy) is 1. The van der Waals surface area contributed by atoms with Crippen molar-refractivity contribution in [3.8, 4) is 0 Å². The quantitative estimate of drug-likeness (QED) is 0.828. The van der Waals surface area contributed by atoms with Crippen LogP contribution in [0.5, 0.6) is 0 Å². The summed E-state index contributed by atoms with van der Waals surface area (Å²) in [7, 11) is 0. The summed E-state index contributed by atoms with van der Waals surface area (Å²) in [6.45, 7) is 7.13. The highest BCUT2D eigenvalue weighted by molar-refractivity contribution is 5.77. The molecule has 4 nitrogen and oxygen atoms in total. The average Bonchev–Trinajstić information content (AvgIpc) is 2.37. The average molecular weight is 254 g/mol. The SMILES string of the molecule is C[C@@H]1CN(C(=O)CO[C@H]2CCCC[C@@H]2C)CCN1. The summed E-state index contributed by atoms with van der Waals surface area (Å²) >= 11 is 0. The summed E-state index contributed by atoms with van der Waals surface area (Å²) in [4.78, 5) is 14.0. The molecule has 2 fully saturated rings.